The summed E-state index contributed by atoms with van der Waals surface area (Å²) in [6.07, 6.45) is 2.72. The molecule has 1 atom stereocenters. The number of rotatable bonds is 3. The number of aryl methyl sites for hydroxylation is 2. The van der Waals surface area contributed by atoms with E-state index in [1.54, 1.807) is 13.0 Å². The zero-order valence-electron chi connectivity index (χ0n) is 11.0. The number of hydrogen-bond acceptors (Lipinski definition) is 3. The van der Waals surface area contributed by atoms with Crippen molar-refractivity contribution in [3.05, 3.63) is 41.2 Å². The molecule has 0 amide bonds. The summed E-state index contributed by atoms with van der Waals surface area (Å²) >= 11 is 0. The molecule has 2 rings (SSSR count). The van der Waals surface area contributed by atoms with Gasteiger partial charge in [0.2, 0.25) is 10.0 Å². The topological polar surface area (TPSA) is 74.7 Å². The van der Waals surface area contributed by atoms with Crippen LogP contribution in [0.15, 0.2) is 29.2 Å². The van der Waals surface area contributed by atoms with Gasteiger partial charge in [-0.2, -0.15) is 4.31 Å². The fraction of sp³-hybridized carbons (Fsp3) is 0.308. The van der Waals surface area contributed by atoms with Crippen molar-refractivity contribution in [2.45, 2.75) is 24.8 Å². The van der Waals surface area contributed by atoms with Gasteiger partial charge in [-0.25, -0.2) is 12.8 Å². The molecule has 0 fully saturated rings. The summed E-state index contributed by atoms with van der Waals surface area (Å²) in [6.45, 7) is 3.07. The van der Waals surface area contributed by atoms with Gasteiger partial charge >= 0.3 is 5.97 Å². The third-order valence-corrected chi connectivity index (χ3v) is 5.13. The molecular formula is C13H14FNO4S. The molecule has 7 heteroatoms. The van der Waals surface area contributed by atoms with Gasteiger partial charge in [-0.15, -0.1) is 0 Å². The second-order valence-electron chi connectivity index (χ2n) is 4.68. The summed E-state index contributed by atoms with van der Waals surface area (Å²) in [5.74, 6) is -2.15. The van der Waals surface area contributed by atoms with Crippen LogP contribution < -0.4 is 0 Å². The number of aliphatic carboxylic acids is 1. The van der Waals surface area contributed by atoms with E-state index in [0.29, 0.717) is 5.56 Å². The molecule has 5 nitrogen and oxygen atoms in total. The van der Waals surface area contributed by atoms with E-state index in [4.69, 9.17) is 5.11 Å². The van der Waals surface area contributed by atoms with Crippen molar-refractivity contribution < 1.29 is 22.7 Å². The van der Waals surface area contributed by atoms with Gasteiger partial charge < -0.3 is 5.11 Å². The van der Waals surface area contributed by atoms with E-state index >= 15 is 0 Å². The first-order valence-corrected chi connectivity index (χ1v) is 7.37. The summed E-state index contributed by atoms with van der Waals surface area (Å²) in [7, 11) is -4.20. The Morgan fingerprint density at radius 1 is 1.40 bits per heavy atom. The lowest BCUT2D eigenvalue weighted by Gasteiger charge is -2.22. The van der Waals surface area contributed by atoms with E-state index < -0.39 is 32.7 Å². The zero-order valence-corrected chi connectivity index (χ0v) is 11.8. The highest BCUT2D eigenvalue weighted by Crippen LogP contribution is 2.28. The van der Waals surface area contributed by atoms with Gasteiger partial charge in [-0.1, -0.05) is 18.2 Å². The maximum absolute atomic E-state index is 14.0. The van der Waals surface area contributed by atoms with Gasteiger partial charge in [0.25, 0.3) is 0 Å². The first kappa shape index (κ1) is 14.7. The van der Waals surface area contributed by atoms with Crippen LogP contribution in [-0.2, 0) is 14.8 Å². The van der Waals surface area contributed by atoms with Crippen molar-refractivity contribution >= 4 is 16.0 Å². The van der Waals surface area contributed by atoms with Crippen LogP contribution in [0.25, 0.3) is 0 Å². The van der Waals surface area contributed by atoms with Gasteiger partial charge in [-0.3, -0.25) is 4.79 Å². The molecule has 1 aromatic carbocycles. The van der Waals surface area contributed by atoms with Crippen LogP contribution in [-0.4, -0.2) is 36.4 Å². The predicted molar refractivity (Wildman–Crippen MR) is 70.3 cm³/mol. The summed E-state index contributed by atoms with van der Waals surface area (Å²) in [5.41, 5.74) is 0.867. The van der Waals surface area contributed by atoms with Gasteiger partial charge in [0.15, 0.2) is 0 Å². The zero-order chi connectivity index (χ0) is 15.1. The Hall–Kier alpha value is -1.73. The van der Waals surface area contributed by atoms with E-state index in [1.807, 2.05) is 0 Å². The molecule has 0 saturated heterocycles. The second kappa shape index (κ2) is 4.99. The standard InChI is InChI=1S/C13H14FNO4S/c1-8-6-9(2)12(10(14)7-8)20(18,19)15-5-3-4-11(15)13(16)17/h3-4,6-7,11H,5H2,1-2H3,(H,16,17). The monoisotopic (exact) mass is 299 g/mol. The molecule has 1 aliphatic rings. The van der Waals surface area contributed by atoms with E-state index in [1.165, 1.54) is 19.1 Å². The molecule has 0 bridgehead atoms. The fourth-order valence-electron chi connectivity index (χ4n) is 2.30. The van der Waals surface area contributed by atoms with E-state index in [2.05, 4.69) is 0 Å². The Morgan fingerprint density at radius 2 is 2.05 bits per heavy atom. The van der Waals surface area contributed by atoms with Gasteiger partial charge in [-0.05, 0) is 31.0 Å². The molecule has 108 valence electrons. The van der Waals surface area contributed by atoms with Crippen molar-refractivity contribution in [2.24, 2.45) is 0 Å². The predicted octanol–water partition coefficient (Wildman–Crippen LogP) is 1.46. The Kier molecular flexibility index (Phi) is 3.66. The molecule has 1 aromatic rings. The van der Waals surface area contributed by atoms with E-state index in [0.717, 1.165) is 10.4 Å². The Morgan fingerprint density at radius 3 is 2.60 bits per heavy atom. The highest BCUT2D eigenvalue weighted by molar-refractivity contribution is 7.89. The number of hydrogen-bond donors (Lipinski definition) is 1. The van der Waals surface area contributed by atoms with Crippen LogP contribution in [0.5, 0.6) is 0 Å². The van der Waals surface area contributed by atoms with Gasteiger partial charge in [0, 0.05) is 6.54 Å². The normalized spacial score (nSPS) is 19.4. The Balaban J connectivity index is 2.55. The number of sulfonamides is 1. The summed E-state index contributed by atoms with van der Waals surface area (Å²) < 4.78 is 39.8. The molecule has 0 aromatic heterocycles. The maximum Gasteiger partial charge on any atom is 0.326 e. The molecule has 0 aliphatic carbocycles. The minimum absolute atomic E-state index is 0.0773. The molecule has 1 heterocycles. The smallest absolute Gasteiger partial charge is 0.326 e. The molecule has 1 N–H and O–H groups in total. The number of carbonyl (C=O) groups is 1. The molecule has 1 aliphatic heterocycles. The lowest BCUT2D eigenvalue weighted by Crippen LogP contribution is -2.41. The maximum atomic E-state index is 14.0. The first-order chi connectivity index (χ1) is 9.25. The van der Waals surface area contributed by atoms with Crippen LogP contribution in [0.2, 0.25) is 0 Å². The molecule has 0 spiro atoms. The largest absolute Gasteiger partial charge is 0.480 e. The minimum atomic E-state index is -4.20. The molecule has 20 heavy (non-hydrogen) atoms. The van der Waals surface area contributed by atoms with Crippen molar-refractivity contribution in [3.63, 3.8) is 0 Å². The number of carboxylic acid groups (broad SMARTS) is 1. The molecule has 0 saturated carbocycles. The lowest BCUT2D eigenvalue weighted by molar-refractivity contribution is -0.139. The highest BCUT2D eigenvalue weighted by Gasteiger charge is 2.38. The van der Waals surface area contributed by atoms with Crippen LogP contribution in [0.3, 0.4) is 0 Å². The van der Waals surface area contributed by atoms with E-state index in [9.17, 15) is 17.6 Å². The number of halogens is 1. The molecule has 0 radical (unpaired) electrons. The number of nitrogens with zero attached hydrogens (tertiary/aromatic N) is 1. The number of carboxylic acids is 1. The quantitative estimate of drug-likeness (QED) is 0.857. The Labute approximate surface area is 116 Å². The minimum Gasteiger partial charge on any atom is -0.480 e. The third kappa shape index (κ3) is 2.34. The molecular weight excluding hydrogens is 285 g/mol. The SMILES string of the molecule is Cc1cc(C)c(S(=O)(=O)N2CC=CC2C(=O)O)c(F)c1. The van der Waals surface area contributed by atoms with Crippen molar-refractivity contribution in [3.8, 4) is 0 Å². The summed E-state index contributed by atoms with van der Waals surface area (Å²) in [5, 5.41) is 9.03. The number of benzene rings is 1. The van der Waals surface area contributed by atoms with Crippen molar-refractivity contribution in [2.75, 3.05) is 6.54 Å². The van der Waals surface area contributed by atoms with Gasteiger partial charge in [0.1, 0.15) is 16.8 Å². The Bertz CT molecular complexity index is 673. The van der Waals surface area contributed by atoms with Crippen LogP contribution in [0.1, 0.15) is 11.1 Å². The third-order valence-electron chi connectivity index (χ3n) is 3.11. The van der Waals surface area contributed by atoms with Crippen LogP contribution in [0.4, 0.5) is 4.39 Å². The fourth-order valence-corrected chi connectivity index (χ4v) is 4.05. The average molecular weight is 299 g/mol. The molecule has 1 unspecified atom stereocenters. The summed E-state index contributed by atoms with van der Waals surface area (Å²) in [4.78, 5) is 10.6. The van der Waals surface area contributed by atoms with E-state index in [-0.39, 0.29) is 12.1 Å². The average Bonchev–Trinajstić information content (AvgIpc) is 2.75. The van der Waals surface area contributed by atoms with Crippen molar-refractivity contribution in [1.82, 2.24) is 4.31 Å². The second-order valence-corrected chi connectivity index (χ2v) is 6.51. The van der Waals surface area contributed by atoms with Gasteiger partial charge in [0.05, 0.1) is 0 Å². The first-order valence-electron chi connectivity index (χ1n) is 5.93. The van der Waals surface area contributed by atoms with Crippen molar-refractivity contribution in [1.29, 1.82) is 0 Å². The highest BCUT2D eigenvalue weighted by atomic mass is 32.2. The van der Waals surface area contributed by atoms with Crippen LogP contribution in [0, 0.1) is 19.7 Å². The lowest BCUT2D eigenvalue weighted by atomic mass is 10.1. The van der Waals surface area contributed by atoms with Crippen LogP contribution >= 0.6 is 0 Å². The summed E-state index contributed by atoms with van der Waals surface area (Å²) in [6, 6.07) is 1.38.